The Morgan fingerprint density at radius 1 is 1.33 bits per heavy atom. The van der Waals surface area contributed by atoms with E-state index in [0.717, 1.165) is 14.6 Å². The molecule has 3 nitrogen and oxygen atoms in total. The molecule has 0 bridgehead atoms. The highest BCUT2D eigenvalue weighted by molar-refractivity contribution is 9.11. The van der Waals surface area contributed by atoms with E-state index in [-0.39, 0.29) is 0 Å². The fourth-order valence-electron chi connectivity index (χ4n) is 0.961. The highest BCUT2D eigenvalue weighted by Crippen LogP contribution is 2.30. The first-order chi connectivity index (χ1) is 7.15. The van der Waals surface area contributed by atoms with E-state index in [1.54, 1.807) is 0 Å². The molecule has 1 aromatic carbocycles. The summed E-state index contributed by atoms with van der Waals surface area (Å²) in [4.78, 5) is 0. The van der Waals surface area contributed by atoms with Gasteiger partial charge in [0.1, 0.15) is 0 Å². The Kier molecular flexibility index (Phi) is 5.52. The first-order valence-electron chi connectivity index (χ1n) is 4.34. The van der Waals surface area contributed by atoms with Crippen LogP contribution in [0.25, 0.3) is 0 Å². The average Bonchev–Trinajstić information content (AvgIpc) is 2.21. The number of nitrogens with one attached hydrogen (secondary N) is 2. The number of thiocarbonyl (C=S) groups is 1. The van der Waals surface area contributed by atoms with E-state index in [4.69, 9.17) is 18.0 Å². The van der Waals surface area contributed by atoms with Crippen molar-refractivity contribution in [1.82, 2.24) is 5.32 Å². The second-order valence-electron chi connectivity index (χ2n) is 2.77. The third-order valence-electron chi connectivity index (χ3n) is 1.63. The number of rotatable bonds is 3. The summed E-state index contributed by atoms with van der Waals surface area (Å²) in [7, 11) is 0. The van der Waals surface area contributed by atoms with Crippen LogP contribution in [0.5, 0.6) is 0 Å². The average molecular weight is 353 g/mol. The van der Waals surface area contributed by atoms with Gasteiger partial charge in [0, 0.05) is 22.0 Å². The van der Waals surface area contributed by atoms with Crippen molar-refractivity contribution in [3.8, 4) is 0 Å². The number of benzene rings is 1. The molecular weight excluding hydrogens is 342 g/mol. The number of hydrogen-bond acceptors (Lipinski definition) is 2. The van der Waals surface area contributed by atoms with E-state index in [1.165, 1.54) is 0 Å². The summed E-state index contributed by atoms with van der Waals surface area (Å²) in [5, 5.41) is 6.64. The Hall–Kier alpha value is -0.170. The van der Waals surface area contributed by atoms with Crippen LogP contribution in [0.4, 0.5) is 5.69 Å². The van der Waals surface area contributed by atoms with E-state index in [1.807, 2.05) is 18.2 Å². The van der Waals surface area contributed by atoms with Crippen LogP contribution in [0.1, 0.15) is 0 Å². The zero-order valence-electron chi connectivity index (χ0n) is 7.89. The monoisotopic (exact) mass is 351 g/mol. The van der Waals surface area contributed by atoms with Crippen LogP contribution < -0.4 is 16.4 Å². The molecular formula is C9H11Br2N3S. The van der Waals surface area contributed by atoms with Gasteiger partial charge in [-0.15, -0.1) is 0 Å². The van der Waals surface area contributed by atoms with Gasteiger partial charge in [0.2, 0.25) is 0 Å². The maximum absolute atomic E-state index is 5.36. The number of nitrogens with two attached hydrogens (primary N) is 1. The molecule has 6 heteroatoms. The van der Waals surface area contributed by atoms with Crippen molar-refractivity contribution in [2.45, 2.75) is 0 Å². The van der Waals surface area contributed by atoms with Crippen molar-refractivity contribution in [2.75, 3.05) is 18.4 Å². The fraction of sp³-hybridized carbons (Fsp3) is 0.222. The molecule has 0 amide bonds. The van der Waals surface area contributed by atoms with Crippen molar-refractivity contribution < 1.29 is 0 Å². The third kappa shape index (κ3) is 4.06. The minimum absolute atomic E-state index is 0.555. The van der Waals surface area contributed by atoms with Crippen LogP contribution in [-0.2, 0) is 0 Å². The molecule has 82 valence electrons. The van der Waals surface area contributed by atoms with Crippen LogP contribution in [0.3, 0.4) is 0 Å². The highest BCUT2D eigenvalue weighted by atomic mass is 79.9. The number of hydrogen-bond donors (Lipinski definition) is 3. The summed E-state index contributed by atoms with van der Waals surface area (Å²) in [6, 6.07) is 5.83. The van der Waals surface area contributed by atoms with Gasteiger partial charge in [-0.3, -0.25) is 0 Å². The van der Waals surface area contributed by atoms with Gasteiger partial charge in [-0.1, -0.05) is 6.07 Å². The Labute approximate surface area is 111 Å². The van der Waals surface area contributed by atoms with Crippen molar-refractivity contribution in [2.24, 2.45) is 5.73 Å². The van der Waals surface area contributed by atoms with Gasteiger partial charge in [-0.2, -0.15) is 0 Å². The molecule has 0 aliphatic rings. The van der Waals surface area contributed by atoms with E-state index < -0.39 is 0 Å². The summed E-state index contributed by atoms with van der Waals surface area (Å²) in [6.07, 6.45) is 0. The number of halogens is 2. The maximum Gasteiger partial charge on any atom is 0.170 e. The molecule has 0 aliphatic carbocycles. The van der Waals surface area contributed by atoms with Gasteiger partial charge in [-0.25, -0.2) is 0 Å². The SMILES string of the molecule is NCCNC(=S)Nc1c(Br)cccc1Br. The summed E-state index contributed by atoms with van der Waals surface area (Å²) < 4.78 is 1.91. The van der Waals surface area contributed by atoms with Gasteiger partial charge in [-0.05, 0) is 56.2 Å². The summed E-state index contributed by atoms with van der Waals surface area (Å²) in [5.74, 6) is 0. The molecule has 0 unspecified atom stereocenters. The Balaban J connectivity index is 2.68. The zero-order valence-corrected chi connectivity index (χ0v) is 11.9. The van der Waals surface area contributed by atoms with Crippen LogP contribution in [0.15, 0.2) is 27.1 Å². The minimum Gasteiger partial charge on any atom is -0.361 e. The summed E-state index contributed by atoms with van der Waals surface area (Å²) in [6.45, 7) is 1.22. The standard InChI is InChI=1S/C9H11Br2N3S/c10-6-2-1-3-7(11)8(6)14-9(15)13-5-4-12/h1-3H,4-5,12H2,(H2,13,14,15). The van der Waals surface area contributed by atoms with E-state index in [0.29, 0.717) is 18.2 Å². The molecule has 15 heavy (non-hydrogen) atoms. The van der Waals surface area contributed by atoms with Gasteiger partial charge in [0.05, 0.1) is 5.69 Å². The molecule has 0 saturated carbocycles. The molecule has 1 aromatic rings. The molecule has 0 atom stereocenters. The van der Waals surface area contributed by atoms with Gasteiger partial charge < -0.3 is 16.4 Å². The second kappa shape index (κ2) is 6.42. The third-order valence-corrected chi connectivity index (χ3v) is 3.20. The quantitative estimate of drug-likeness (QED) is 0.731. The van der Waals surface area contributed by atoms with Crippen LogP contribution >= 0.6 is 44.1 Å². The molecule has 0 aromatic heterocycles. The maximum atomic E-state index is 5.36. The predicted octanol–water partition coefficient (Wildman–Crippen LogP) is 2.46. The molecule has 0 heterocycles. The molecule has 4 N–H and O–H groups in total. The lowest BCUT2D eigenvalue weighted by Crippen LogP contribution is -2.32. The van der Waals surface area contributed by atoms with Crippen molar-refractivity contribution >= 4 is 54.9 Å². The largest absolute Gasteiger partial charge is 0.361 e. The van der Waals surface area contributed by atoms with Crippen LogP contribution in [0, 0.1) is 0 Å². The Morgan fingerprint density at radius 3 is 2.47 bits per heavy atom. The van der Waals surface area contributed by atoms with Crippen LogP contribution in [0.2, 0.25) is 0 Å². The van der Waals surface area contributed by atoms with Crippen molar-refractivity contribution in [1.29, 1.82) is 0 Å². The molecule has 0 fully saturated rings. The zero-order chi connectivity index (χ0) is 11.3. The second-order valence-corrected chi connectivity index (χ2v) is 4.88. The molecule has 0 saturated heterocycles. The Bertz CT molecular complexity index is 337. The number of anilines is 1. The highest BCUT2D eigenvalue weighted by Gasteiger charge is 2.05. The minimum atomic E-state index is 0.555. The van der Waals surface area contributed by atoms with E-state index >= 15 is 0 Å². The first kappa shape index (κ1) is 12.9. The lowest BCUT2D eigenvalue weighted by atomic mass is 10.3. The summed E-state index contributed by atoms with van der Waals surface area (Å²) >= 11 is 12.0. The van der Waals surface area contributed by atoms with Crippen LogP contribution in [-0.4, -0.2) is 18.2 Å². The Morgan fingerprint density at radius 2 is 1.93 bits per heavy atom. The molecule has 1 rings (SSSR count). The molecule has 0 spiro atoms. The summed E-state index contributed by atoms with van der Waals surface area (Å²) in [5.41, 5.74) is 6.27. The molecule has 0 radical (unpaired) electrons. The number of para-hydroxylation sites is 1. The lowest BCUT2D eigenvalue weighted by Gasteiger charge is -2.12. The topological polar surface area (TPSA) is 50.1 Å². The smallest absolute Gasteiger partial charge is 0.170 e. The first-order valence-corrected chi connectivity index (χ1v) is 6.33. The lowest BCUT2D eigenvalue weighted by molar-refractivity contribution is 0.883. The van der Waals surface area contributed by atoms with Crippen molar-refractivity contribution in [3.05, 3.63) is 27.1 Å². The predicted molar refractivity (Wildman–Crippen MR) is 75.1 cm³/mol. The van der Waals surface area contributed by atoms with E-state index in [2.05, 4.69) is 42.5 Å². The normalized spacial score (nSPS) is 9.80. The molecule has 0 aliphatic heterocycles. The van der Waals surface area contributed by atoms with Gasteiger partial charge in [0.25, 0.3) is 0 Å². The van der Waals surface area contributed by atoms with Gasteiger partial charge in [0.15, 0.2) is 5.11 Å². The van der Waals surface area contributed by atoms with E-state index in [9.17, 15) is 0 Å². The van der Waals surface area contributed by atoms with Crippen molar-refractivity contribution in [3.63, 3.8) is 0 Å². The van der Waals surface area contributed by atoms with Gasteiger partial charge >= 0.3 is 0 Å². The fourth-order valence-corrected chi connectivity index (χ4v) is 2.36.